The predicted octanol–water partition coefficient (Wildman–Crippen LogP) is 4.89. The average molecular weight is 445 g/mol. The maximum atomic E-state index is 13.5. The molecule has 170 valence electrons. The summed E-state index contributed by atoms with van der Waals surface area (Å²) in [5.41, 5.74) is 2.54. The molecule has 1 N–H and O–H groups in total. The number of fused-ring (bicyclic) bond motifs is 1. The molecule has 6 nitrogen and oxygen atoms in total. The quantitative estimate of drug-likeness (QED) is 0.537. The molecule has 2 unspecified atom stereocenters. The maximum absolute atomic E-state index is 13.5. The first-order chi connectivity index (χ1) is 16.0. The van der Waals surface area contributed by atoms with Gasteiger partial charge >= 0.3 is 0 Å². The number of benzene rings is 3. The molecule has 6 heteroatoms. The molecule has 0 aliphatic carbocycles. The van der Waals surface area contributed by atoms with E-state index >= 15 is 0 Å². The molecule has 0 bridgehead atoms. The first kappa shape index (κ1) is 22.4. The lowest BCUT2D eigenvalue weighted by molar-refractivity contribution is -0.122. The Hall–Kier alpha value is -3.80. The monoisotopic (exact) mass is 444 g/mol. The van der Waals surface area contributed by atoms with E-state index in [4.69, 9.17) is 9.47 Å². The van der Waals surface area contributed by atoms with Gasteiger partial charge in [0.15, 0.2) is 11.5 Å². The Balaban J connectivity index is 1.49. The van der Waals surface area contributed by atoms with Gasteiger partial charge in [-0.3, -0.25) is 9.59 Å². The minimum atomic E-state index is -0.205. The highest BCUT2D eigenvalue weighted by Crippen LogP contribution is 2.33. The number of hydrogen-bond acceptors (Lipinski definition) is 4. The van der Waals surface area contributed by atoms with Crippen LogP contribution in [0, 0.1) is 0 Å². The van der Waals surface area contributed by atoms with Crippen molar-refractivity contribution < 1.29 is 19.1 Å². The number of amides is 2. The van der Waals surface area contributed by atoms with Gasteiger partial charge in [-0.2, -0.15) is 0 Å². The number of hydrogen-bond donors (Lipinski definition) is 1. The third-order valence-electron chi connectivity index (χ3n) is 5.89. The third kappa shape index (κ3) is 5.34. The Morgan fingerprint density at radius 1 is 0.879 bits per heavy atom. The van der Waals surface area contributed by atoms with Crippen LogP contribution in [-0.4, -0.2) is 30.1 Å². The number of rotatable bonds is 8. The fraction of sp³-hybridized carbons (Fsp3) is 0.259. The smallest absolute Gasteiger partial charge is 0.254 e. The molecular weight excluding hydrogens is 416 g/mol. The van der Waals surface area contributed by atoms with E-state index in [1.54, 1.807) is 23.1 Å². The zero-order chi connectivity index (χ0) is 23.2. The Morgan fingerprint density at radius 2 is 1.52 bits per heavy atom. The minimum absolute atomic E-state index is 0.102. The molecule has 1 heterocycles. The standard InChI is InChI=1S/C27H28N2O4/c1-19(21-9-5-3-6-10-21)28-26(30)15-16-29(20(2)22-11-7-4-8-12-22)27(31)23-13-14-24-25(17-23)33-18-32-24/h3-14,17,19-20H,15-16,18H2,1-2H3,(H,28,30). The van der Waals surface area contributed by atoms with Crippen molar-refractivity contribution in [2.75, 3.05) is 13.3 Å². The van der Waals surface area contributed by atoms with Gasteiger partial charge in [-0.25, -0.2) is 0 Å². The van der Waals surface area contributed by atoms with Gasteiger partial charge in [-0.15, -0.1) is 0 Å². The summed E-state index contributed by atoms with van der Waals surface area (Å²) in [7, 11) is 0. The van der Waals surface area contributed by atoms with Gasteiger partial charge in [0.1, 0.15) is 0 Å². The van der Waals surface area contributed by atoms with Crippen LogP contribution in [0.5, 0.6) is 11.5 Å². The highest BCUT2D eigenvalue weighted by Gasteiger charge is 2.25. The number of nitrogens with one attached hydrogen (secondary N) is 1. The van der Waals surface area contributed by atoms with Crippen molar-refractivity contribution in [3.63, 3.8) is 0 Å². The second-order valence-electron chi connectivity index (χ2n) is 8.10. The van der Waals surface area contributed by atoms with Crippen LogP contribution in [0.4, 0.5) is 0 Å². The van der Waals surface area contributed by atoms with E-state index in [9.17, 15) is 9.59 Å². The summed E-state index contributed by atoms with van der Waals surface area (Å²) in [5.74, 6) is 0.926. The summed E-state index contributed by atoms with van der Waals surface area (Å²) in [5, 5.41) is 3.03. The fourth-order valence-electron chi connectivity index (χ4n) is 3.94. The third-order valence-corrected chi connectivity index (χ3v) is 5.89. The van der Waals surface area contributed by atoms with Crippen LogP contribution >= 0.6 is 0 Å². The van der Waals surface area contributed by atoms with Crippen molar-refractivity contribution in [2.45, 2.75) is 32.4 Å². The molecule has 3 aromatic rings. The highest BCUT2D eigenvalue weighted by molar-refractivity contribution is 5.95. The molecule has 0 radical (unpaired) electrons. The van der Waals surface area contributed by atoms with E-state index in [0.717, 1.165) is 11.1 Å². The molecule has 0 fully saturated rings. The minimum Gasteiger partial charge on any atom is -0.454 e. The summed E-state index contributed by atoms with van der Waals surface area (Å²) in [6, 6.07) is 24.5. The van der Waals surface area contributed by atoms with Crippen molar-refractivity contribution in [3.05, 3.63) is 95.6 Å². The molecule has 4 rings (SSSR count). The zero-order valence-electron chi connectivity index (χ0n) is 18.9. The molecule has 2 amide bonds. The second-order valence-corrected chi connectivity index (χ2v) is 8.10. The van der Waals surface area contributed by atoms with Gasteiger partial charge in [0.2, 0.25) is 12.7 Å². The lowest BCUT2D eigenvalue weighted by Gasteiger charge is -2.30. The molecule has 0 spiro atoms. The molecule has 2 atom stereocenters. The molecular formula is C27H28N2O4. The summed E-state index contributed by atoms with van der Waals surface area (Å²) in [4.78, 5) is 28.0. The van der Waals surface area contributed by atoms with E-state index < -0.39 is 0 Å². The van der Waals surface area contributed by atoms with Crippen molar-refractivity contribution in [2.24, 2.45) is 0 Å². The largest absolute Gasteiger partial charge is 0.454 e. The van der Waals surface area contributed by atoms with Gasteiger partial charge < -0.3 is 19.7 Å². The first-order valence-corrected chi connectivity index (χ1v) is 11.1. The second kappa shape index (κ2) is 10.2. The summed E-state index contributed by atoms with van der Waals surface area (Å²) in [6.45, 7) is 4.37. The van der Waals surface area contributed by atoms with Gasteiger partial charge in [0, 0.05) is 18.5 Å². The van der Waals surface area contributed by atoms with Crippen molar-refractivity contribution in [1.82, 2.24) is 10.2 Å². The maximum Gasteiger partial charge on any atom is 0.254 e. The van der Waals surface area contributed by atoms with Gasteiger partial charge in [-0.1, -0.05) is 60.7 Å². The Kier molecular flexibility index (Phi) is 6.93. The Bertz CT molecular complexity index is 1100. The zero-order valence-corrected chi connectivity index (χ0v) is 18.9. The number of ether oxygens (including phenoxy) is 2. The SMILES string of the molecule is CC(NC(=O)CCN(C(=O)c1ccc2c(c1)OCO2)C(C)c1ccccc1)c1ccccc1. The van der Waals surface area contributed by atoms with Crippen LogP contribution in [0.1, 0.15) is 53.8 Å². The molecule has 1 aliphatic rings. The van der Waals surface area contributed by atoms with Gasteiger partial charge in [0.25, 0.3) is 5.91 Å². The van der Waals surface area contributed by atoms with E-state index in [-0.39, 0.29) is 43.7 Å². The van der Waals surface area contributed by atoms with Crippen LogP contribution in [0.25, 0.3) is 0 Å². The molecule has 1 aliphatic heterocycles. The van der Waals surface area contributed by atoms with Crippen LogP contribution < -0.4 is 14.8 Å². The predicted molar refractivity (Wildman–Crippen MR) is 126 cm³/mol. The van der Waals surface area contributed by atoms with Crippen molar-refractivity contribution in [3.8, 4) is 11.5 Å². The molecule has 33 heavy (non-hydrogen) atoms. The number of carbonyl (C=O) groups excluding carboxylic acids is 2. The summed E-state index contributed by atoms with van der Waals surface area (Å²) in [6.07, 6.45) is 0.199. The summed E-state index contributed by atoms with van der Waals surface area (Å²) >= 11 is 0. The fourth-order valence-corrected chi connectivity index (χ4v) is 3.94. The number of nitrogens with zero attached hydrogens (tertiary/aromatic N) is 1. The lowest BCUT2D eigenvalue weighted by atomic mass is 10.0. The van der Waals surface area contributed by atoms with Crippen LogP contribution in [-0.2, 0) is 4.79 Å². The Labute approximate surface area is 194 Å². The Morgan fingerprint density at radius 3 is 2.21 bits per heavy atom. The molecule has 0 aromatic heterocycles. The molecule has 3 aromatic carbocycles. The highest BCUT2D eigenvalue weighted by atomic mass is 16.7. The van der Waals surface area contributed by atoms with Crippen LogP contribution in [0.3, 0.4) is 0 Å². The topological polar surface area (TPSA) is 67.9 Å². The van der Waals surface area contributed by atoms with Crippen LogP contribution in [0.2, 0.25) is 0 Å². The lowest BCUT2D eigenvalue weighted by Crippen LogP contribution is -2.37. The normalized spacial score (nSPS) is 13.8. The van der Waals surface area contributed by atoms with Crippen molar-refractivity contribution >= 4 is 11.8 Å². The van der Waals surface area contributed by atoms with Gasteiger partial charge in [-0.05, 0) is 43.2 Å². The molecule has 0 saturated heterocycles. The first-order valence-electron chi connectivity index (χ1n) is 11.1. The number of carbonyl (C=O) groups is 2. The van der Waals surface area contributed by atoms with E-state index in [2.05, 4.69) is 5.32 Å². The summed E-state index contributed by atoms with van der Waals surface area (Å²) < 4.78 is 10.8. The van der Waals surface area contributed by atoms with E-state index in [1.165, 1.54) is 0 Å². The molecule has 0 saturated carbocycles. The van der Waals surface area contributed by atoms with E-state index in [1.807, 2.05) is 74.5 Å². The average Bonchev–Trinajstić information content (AvgIpc) is 3.33. The van der Waals surface area contributed by atoms with Gasteiger partial charge in [0.05, 0.1) is 12.1 Å². The van der Waals surface area contributed by atoms with Crippen LogP contribution in [0.15, 0.2) is 78.9 Å². The van der Waals surface area contributed by atoms with E-state index in [0.29, 0.717) is 17.1 Å². The van der Waals surface area contributed by atoms with Crippen molar-refractivity contribution in [1.29, 1.82) is 0 Å².